The summed E-state index contributed by atoms with van der Waals surface area (Å²) >= 11 is 0. The van der Waals surface area contributed by atoms with Crippen LogP contribution in [0.3, 0.4) is 0 Å². The Morgan fingerprint density at radius 1 is 1.14 bits per heavy atom. The molecule has 0 radical (unpaired) electrons. The maximum absolute atomic E-state index is 12.2. The molecule has 0 aliphatic heterocycles. The minimum absolute atomic E-state index is 0.0237. The predicted octanol–water partition coefficient (Wildman–Crippen LogP) is 5.40. The van der Waals surface area contributed by atoms with Crippen molar-refractivity contribution in [2.75, 3.05) is 7.11 Å². The highest BCUT2D eigenvalue weighted by Crippen LogP contribution is 2.40. The molecule has 0 atom stereocenters. The van der Waals surface area contributed by atoms with E-state index in [0.29, 0.717) is 18.0 Å². The zero-order chi connectivity index (χ0) is 19.9. The highest BCUT2D eigenvalue weighted by Gasteiger charge is 2.17. The van der Waals surface area contributed by atoms with E-state index in [-0.39, 0.29) is 18.2 Å². The van der Waals surface area contributed by atoms with Gasteiger partial charge in [-0.2, -0.15) is 0 Å². The molecule has 1 aromatic heterocycles. The molecule has 0 unspecified atom stereocenters. The third-order valence-corrected chi connectivity index (χ3v) is 4.66. The van der Waals surface area contributed by atoms with Crippen LogP contribution < -0.4 is 4.74 Å². The Morgan fingerprint density at radius 2 is 1.93 bits per heavy atom. The summed E-state index contributed by atoms with van der Waals surface area (Å²) in [6, 6.07) is 14.9. The van der Waals surface area contributed by atoms with E-state index in [2.05, 4.69) is 17.2 Å². The maximum atomic E-state index is 12.2. The number of aromatic nitrogens is 1. The summed E-state index contributed by atoms with van der Waals surface area (Å²) in [5.41, 5.74) is 2.01. The number of azo groups is 1. The summed E-state index contributed by atoms with van der Waals surface area (Å²) in [7, 11) is 1.61. The lowest BCUT2D eigenvalue weighted by atomic mass is 10.1. The second-order valence-electron chi connectivity index (χ2n) is 6.67. The van der Waals surface area contributed by atoms with Crippen molar-refractivity contribution < 1.29 is 14.6 Å². The number of methoxy groups -OCH3 is 1. The number of aryl methyl sites for hydroxylation is 1. The van der Waals surface area contributed by atoms with Gasteiger partial charge in [0.25, 0.3) is 5.91 Å². The number of aromatic hydroxyl groups is 1. The largest absolute Gasteiger partial charge is 0.497 e. The third-order valence-electron chi connectivity index (χ3n) is 4.66. The number of amides is 1. The summed E-state index contributed by atoms with van der Waals surface area (Å²) < 4.78 is 7.12. The first-order valence-electron chi connectivity index (χ1n) is 9.51. The molecule has 0 spiro atoms. The van der Waals surface area contributed by atoms with Crippen molar-refractivity contribution in [3.63, 3.8) is 0 Å². The molecule has 0 aliphatic carbocycles. The van der Waals surface area contributed by atoms with Gasteiger partial charge >= 0.3 is 0 Å². The van der Waals surface area contributed by atoms with E-state index < -0.39 is 0 Å². The van der Waals surface area contributed by atoms with E-state index in [1.165, 1.54) is 0 Å². The average molecular weight is 379 g/mol. The fourth-order valence-corrected chi connectivity index (χ4v) is 3.18. The predicted molar refractivity (Wildman–Crippen MR) is 109 cm³/mol. The minimum Gasteiger partial charge on any atom is -0.497 e. The first kappa shape index (κ1) is 19.6. The van der Waals surface area contributed by atoms with Gasteiger partial charge in [-0.25, -0.2) is 0 Å². The number of hydrogen-bond acceptors (Lipinski definition) is 4. The highest BCUT2D eigenvalue weighted by molar-refractivity contribution is 5.96. The quantitative estimate of drug-likeness (QED) is 0.420. The lowest BCUT2D eigenvalue weighted by Gasteiger charge is -2.07. The number of hydrogen-bond donors (Lipinski definition) is 1. The molecule has 3 rings (SSSR count). The van der Waals surface area contributed by atoms with Gasteiger partial charge in [-0.3, -0.25) is 4.79 Å². The Bertz CT molecular complexity index is 978. The van der Waals surface area contributed by atoms with Crippen molar-refractivity contribution in [2.24, 2.45) is 10.2 Å². The zero-order valence-corrected chi connectivity index (χ0v) is 16.3. The molecule has 0 fully saturated rings. The monoisotopic (exact) mass is 379 g/mol. The molecule has 6 heteroatoms. The summed E-state index contributed by atoms with van der Waals surface area (Å²) in [6.45, 7) is 2.80. The topological polar surface area (TPSA) is 76.2 Å². The molecule has 6 nitrogen and oxygen atoms in total. The molecule has 0 saturated heterocycles. The summed E-state index contributed by atoms with van der Waals surface area (Å²) in [6.07, 6.45) is 3.27. The van der Waals surface area contributed by atoms with Gasteiger partial charge in [0.2, 0.25) is 5.88 Å². The first-order chi connectivity index (χ1) is 13.6. The van der Waals surface area contributed by atoms with Crippen LogP contribution in [0.2, 0.25) is 0 Å². The standard InChI is InChI=1S/C22H25N3O3/c1-3-4-8-13-25-19-15-17(28-2)11-12-18(19)21(22(25)27)24-23-20(26)14-16-9-6-5-7-10-16/h5-7,9-12,15,27H,3-4,8,13-14H2,1-2H3. The number of rotatable bonds is 8. The molecule has 0 saturated carbocycles. The van der Waals surface area contributed by atoms with Gasteiger partial charge in [0.05, 0.1) is 19.0 Å². The van der Waals surface area contributed by atoms with Crippen LogP contribution in [0.5, 0.6) is 11.6 Å². The van der Waals surface area contributed by atoms with Gasteiger partial charge in [0.15, 0.2) is 5.69 Å². The number of unbranched alkanes of at least 4 members (excludes halogenated alkanes) is 2. The number of ether oxygens (including phenoxy) is 1. The minimum atomic E-state index is -0.356. The molecule has 3 aromatic rings. The van der Waals surface area contributed by atoms with E-state index >= 15 is 0 Å². The normalized spacial score (nSPS) is 11.4. The van der Waals surface area contributed by atoms with Crippen molar-refractivity contribution in [3.05, 3.63) is 54.1 Å². The Kier molecular flexibility index (Phi) is 6.42. The summed E-state index contributed by atoms with van der Waals surface area (Å²) in [5, 5.41) is 19.4. The van der Waals surface area contributed by atoms with Crippen molar-refractivity contribution in [1.82, 2.24) is 4.57 Å². The van der Waals surface area contributed by atoms with Crippen molar-refractivity contribution in [1.29, 1.82) is 0 Å². The maximum Gasteiger partial charge on any atom is 0.269 e. The molecule has 0 aliphatic rings. The summed E-state index contributed by atoms with van der Waals surface area (Å²) in [5.74, 6) is 0.368. The third kappa shape index (κ3) is 4.39. The van der Waals surface area contributed by atoms with Gasteiger partial charge in [0.1, 0.15) is 5.75 Å². The van der Waals surface area contributed by atoms with Gasteiger partial charge in [-0.1, -0.05) is 50.1 Å². The second kappa shape index (κ2) is 9.17. The SMILES string of the molecule is CCCCCn1c(O)c(N=NC(=O)Cc2ccccc2)c2ccc(OC)cc21. The van der Waals surface area contributed by atoms with Crippen LogP contribution in [-0.2, 0) is 17.8 Å². The van der Waals surface area contributed by atoms with Crippen LogP contribution in [0.25, 0.3) is 10.9 Å². The van der Waals surface area contributed by atoms with E-state index in [4.69, 9.17) is 4.74 Å². The van der Waals surface area contributed by atoms with Gasteiger partial charge in [0, 0.05) is 18.0 Å². The van der Waals surface area contributed by atoms with Crippen LogP contribution in [0.15, 0.2) is 58.8 Å². The Hall–Kier alpha value is -3.15. The fraction of sp³-hybridized carbons (Fsp3) is 0.318. The lowest BCUT2D eigenvalue weighted by molar-refractivity contribution is -0.117. The van der Waals surface area contributed by atoms with Crippen LogP contribution >= 0.6 is 0 Å². The molecule has 2 aromatic carbocycles. The van der Waals surface area contributed by atoms with Crippen LogP contribution in [0.1, 0.15) is 31.7 Å². The van der Waals surface area contributed by atoms with Crippen LogP contribution in [0, 0.1) is 0 Å². The van der Waals surface area contributed by atoms with E-state index in [0.717, 1.165) is 35.7 Å². The van der Waals surface area contributed by atoms with Gasteiger partial charge in [-0.15, -0.1) is 10.2 Å². The number of carbonyl (C=O) groups is 1. The molecule has 0 bridgehead atoms. The number of nitrogens with zero attached hydrogens (tertiary/aromatic N) is 3. The van der Waals surface area contributed by atoms with Crippen molar-refractivity contribution >= 4 is 22.5 Å². The summed E-state index contributed by atoms with van der Waals surface area (Å²) in [4.78, 5) is 12.2. The first-order valence-corrected chi connectivity index (χ1v) is 9.51. The zero-order valence-electron chi connectivity index (χ0n) is 16.3. The Labute approximate surface area is 164 Å². The van der Waals surface area contributed by atoms with E-state index in [1.807, 2.05) is 53.1 Å². The average Bonchev–Trinajstić information content (AvgIpc) is 2.97. The molecule has 1 N–H and O–H groups in total. The Balaban J connectivity index is 1.91. The molecular weight excluding hydrogens is 354 g/mol. The number of carbonyl (C=O) groups excluding carboxylic acids is 1. The molecular formula is C22H25N3O3. The van der Waals surface area contributed by atoms with E-state index in [9.17, 15) is 9.90 Å². The molecule has 1 amide bonds. The Morgan fingerprint density at radius 3 is 2.64 bits per heavy atom. The van der Waals surface area contributed by atoms with E-state index in [1.54, 1.807) is 7.11 Å². The lowest BCUT2D eigenvalue weighted by Crippen LogP contribution is -1.97. The van der Waals surface area contributed by atoms with Crippen molar-refractivity contribution in [3.8, 4) is 11.6 Å². The van der Waals surface area contributed by atoms with Crippen LogP contribution in [-0.4, -0.2) is 22.7 Å². The molecule has 28 heavy (non-hydrogen) atoms. The van der Waals surface area contributed by atoms with Crippen molar-refractivity contribution in [2.45, 2.75) is 39.2 Å². The smallest absolute Gasteiger partial charge is 0.269 e. The second-order valence-corrected chi connectivity index (χ2v) is 6.67. The highest BCUT2D eigenvalue weighted by atomic mass is 16.5. The number of benzene rings is 2. The van der Waals surface area contributed by atoms with Gasteiger partial charge in [-0.05, 0) is 24.1 Å². The fourth-order valence-electron chi connectivity index (χ4n) is 3.18. The number of fused-ring (bicyclic) bond motifs is 1. The van der Waals surface area contributed by atoms with Crippen LogP contribution in [0.4, 0.5) is 5.69 Å². The van der Waals surface area contributed by atoms with Gasteiger partial charge < -0.3 is 14.4 Å². The molecule has 146 valence electrons. The molecule has 1 heterocycles.